The molecule has 0 amide bonds. The Labute approximate surface area is 138 Å². The number of benzene rings is 1. The zero-order valence-electron chi connectivity index (χ0n) is 15.7. The van der Waals surface area contributed by atoms with Gasteiger partial charge in [0, 0.05) is 5.54 Å². The molecule has 0 bridgehead atoms. The smallest absolute Gasteiger partial charge is 0.0674 e. The fraction of sp³-hybridized carbons (Fsp3) is 0.524. The Hall–Kier alpha value is -1.08. The zero-order valence-corrected chi connectivity index (χ0v) is 16.7. The highest BCUT2D eigenvalue weighted by atomic mass is 28.3. The van der Waals surface area contributed by atoms with Crippen molar-refractivity contribution in [1.82, 2.24) is 0 Å². The summed E-state index contributed by atoms with van der Waals surface area (Å²) in [5.74, 6) is 0. The van der Waals surface area contributed by atoms with Crippen LogP contribution in [0.3, 0.4) is 0 Å². The van der Waals surface area contributed by atoms with Crippen LogP contribution in [-0.4, -0.2) is 8.07 Å². The van der Waals surface area contributed by atoms with Crippen LogP contribution in [0, 0.1) is 13.8 Å². The molecule has 0 nitrogen and oxygen atoms in total. The van der Waals surface area contributed by atoms with Crippen molar-refractivity contribution in [3.05, 3.63) is 51.6 Å². The van der Waals surface area contributed by atoms with E-state index in [9.17, 15) is 0 Å². The van der Waals surface area contributed by atoms with Crippen LogP contribution in [0.2, 0.25) is 17.6 Å². The number of hydrogen-bond donors (Lipinski definition) is 0. The minimum Gasteiger partial charge on any atom is -0.0674 e. The van der Waals surface area contributed by atoms with Crippen molar-refractivity contribution in [1.29, 1.82) is 0 Å². The molecule has 0 unspecified atom stereocenters. The lowest BCUT2D eigenvalue weighted by molar-refractivity contribution is 1.03. The molecule has 0 aromatic heterocycles. The monoisotopic (exact) mass is 312 g/mol. The summed E-state index contributed by atoms with van der Waals surface area (Å²) in [6.07, 6.45) is 0. The summed E-state index contributed by atoms with van der Waals surface area (Å²) in [7, 11) is -1.57. The second-order valence-corrected chi connectivity index (χ2v) is 12.2. The molecule has 0 atom stereocenters. The van der Waals surface area contributed by atoms with Gasteiger partial charge in [-0.3, -0.25) is 0 Å². The Balaban J connectivity index is 2.69. The summed E-state index contributed by atoms with van der Waals surface area (Å²) in [5.41, 5.74) is 9.92. The van der Waals surface area contributed by atoms with E-state index >= 15 is 0 Å². The van der Waals surface area contributed by atoms with E-state index in [1.165, 1.54) is 23.2 Å². The molecule has 1 heteroatoms. The summed E-state index contributed by atoms with van der Waals surface area (Å²) < 4.78 is 0. The van der Waals surface area contributed by atoms with Crippen LogP contribution < -0.4 is 5.19 Å². The second-order valence-electron chi connectivity index (χ2n) is 7.29. The Morgan fingerprint density at radius 2 is 1.14 bits per heavy atom. The van der Waals surface area contributed by atoms with Crippen LogP contribution in [0.25, 0.3) is 0 Å². The molecule has 1 aliphatic carbocycles. The molecule has 120 valence electrons. The molecule has 0 radical (unpaired) electrons. The molecule has 22 heavy (non-hydrogen) atoms. The van der Waals surface area contributed by atoms with Crippen molar-refractivity contribution >= 4 is 13.3 Å². The molecule has 1 aliphatic rings. The van der Waals surface area contributed by atoms with Gasteiger partial charge in [0.2, 0.25) is 0 Å². The molecule has 0 N–H and O–H groups in total. The fourth-order valence-electron chi connectivity index (χ4n) is 4.67. The SMILES string of the molecule is CC[Si](CC)(c1cc(C)cc(C)c1)C1C(C)=C(C)C(C)=C1C. The van der Waals surface area contributed by atoms with E-state index in [-0.39, 0.29) is 0 Å². The molecular formula is C21H32Si. The lowest BCUT2D eigenvalue weighted by Crippen LogP contribution is -2.51. The van der Waals surface area contributed by atoms with Gasteiger partial charge in [0.25, 0.3) is 0 Å². The first-order chi connectivity index (χ1) is 10.3. The number of allylic oxidation sites excluding steroid dienone is 4. The van der Waals surface area contributed by atoms with Gasteiger partial charge in [0.1, 0.15) is 0 Å². The maximum atomic E-state index is 2.48. The molecule has 0 aliphatic heterocycles. The minimum absolute atomic E-state index is 0.698. The van der Waals surface area contributed by atoms with Crippen molar-refractivity contribution in [2.75, 3.05) is 0 Å². The Kier molecular flexibility index (Phi) is 4.86. The van der Waals surface area contributed by atoms with E-state index in [0.29, 0.717) is 5.54 Å². The highest BCUT2D eigenvalue weighted by Crippen LogP contribution is 2.48. The molecule has 0 heterocycles. The highest BCUT2D eigenvalue weighted by molar-refractivity contribution is 6.94. The van der Waals surface area contributed by atoms with Crippen LogP contribution in [-0.2, 0) is 0 Å². The van der Waals surface area contributed by atoms with Crippen molar-refractivity contribution in [2.45, 2.75) is 73.0 Å². The maximum absolute atomic E-state index is 2.48. The molecule has 1 aromatic carbocycles. The molecule has 0 fully saturated rings. The van der Waals surface area contributed by atoms with E-state index in [1.54, 1.807) is 27.5 Å². The molecule has 1 aromatic rings. The van der Waals surface area contributed by atoms with Crippen LogP contribution in [0.4, 0.5) is 0 Å². The average molecular weight is 313 g/mol. The third-order valence-electron chi connectivity index (χ3n) is 6.22. The Bertz CT molecular complexity index is 598. The topological polar surface area (TPSA) is 0 Å². The lowest BCUT2D eigenvalue weighted by Gasteiger charge is -2.39. The standard InChI is InChI=1S/C21H32Si/c1-9-22(10-2,20-12-14(3)11-15(4)13-20)21-18(7)16(5)17(6)19(21)8/h11-13,21H,9-10H2,1-8H3. The number of hydrogen-bond acceptors (Lipinski definition) is 0. The minimum atomic E-state index is -1.57. The van der Waals surface area contributed by atoms with Crippen LogP contribution >= 0.6 is 0 Å². The van der Waals surface area contributed by atoms with Crippen molar-refractivity contribution in [3.63, 3.8) is 0 Å². The largest absolute Gasteiger partial charge is 0.0973 e. The summed E-state index contributed by atoms with van der Waals surface area (Å²) in [5, 5.41) is 1.67. The van der Waals surface area contributed by atoms with E-state index in [2.05, 4.69) is 73.6 Å². The van der Waals surface area contributed by atoms with Crippen molar-refractivity contribution in [3.8, 4) is 0 Å². The molecule has 0 saturated heterocycles. The highest BCUT2D eigenvalue weighted by Gasteiger charge is 2.44. The van der Waals surface area contributed by atoms with E-state index < -0.39 is 8.07 Å². The molecular weight excluding hydrogens is 280 g/mol. The fourth-order valence-corrected chi connectivity index (χ4v) is 10.3. The molecule has 0 saturated carbocycles. The maximum Gasteiger partial charge on any atom is 0.0973 e. The number of rotatable bonds is 4. The normalized spacial score (nSPS) is 16.9. The van der Waals surface area contributed by atoms with Gasteiger partial charge < -0.3 is 0 Å². The first kappa shape index (κ1) is 17.3. The van der Waals surface area contributed by atoms with Gasteiger partial charge in [-0.15, -0.1) is 0 Å². The first-order valence-electron chi connectivity index (χ1n) is 8.72. The molecule has 2 rings (SSSR count). The van der Waals surface area contributed by atoms with Gasteiger partial charge in [0.15, 0.2) is 0 Å². The summed E-state index contributed by atoms with van der Waals surface area (Å²) in [6.45, 7) is 18.8. The third-order valence-corrected chi connectivity index (χ3v) is 12.2. The van der Waals surface area contributed by atoms with E-state index in [4.69, 9.17) is 0 Å². The van der Waals surface area contributed by atoms with Gasteiger partial charge in [-0.2, -0.15) is 0 Å². The quantitative estimate of drug-likeness (QED) is 0.593. The summed E-state index contributed by atoms with van der Waals surface area (Å²) >= 11 is 0. The summed E-state index contributed by atoms with van der Waals surface area (Å²) in [4.78, 5) is 0. The van der Waals surface area contributed by atoms with Crippen LogP contribution in [0.5, 0.6) is 0 Å². The van der Waals surface area contributed by atoms with Crippen molar-refractivity contribution in [2.24, 2.45) is 0 Å². The second kappa shape index (κ2) is 6.20. The van der Waals surface area contributed by atoms with Crippen LogP contribution in [0.1, 0.15) is 52.7 Å². The van der Waals surface area contributed by atoms with Gasteiger partial charge in [0.05, 0.1) is 8.07 Å². The number of aryl methyl sites for hydroxylation is 2. The van der Waals surface area contributed by atoms with Gasteiger partial charge in [-0.05, 0) is 52.7 Å². The summed E-state index contributed by atoms with van der Waals surface area (Å²) in [6, 6.07) is 9.93. The lowest BCUT2D eigenvalue weighted by atomic mass is 10.1. The average Bonchev–Trinajstić information content (AvgIpc) is 2.66. The zero-order chi connectivity index (χ0) is 16.7. The predicted molar refractivity (Wildman–Crippen MR) is 103 cm³/mol. The van der Waals surface area contributed by atoms with E-state index in [1.807, 2.05) is 0 Å². The molecule has 0 spiro atoms. The van der Waals surface area contributed by atoms with Crippen molar-refractivity contribution < 1.29 is 0 Å². The Morgan fingerprint density at radius 1 is 0.727 bits per heavy atom. The third kappa shape index (κ3) is 2.54. The van der Waals surface area contributed by atoms with Gasteiger partial charge in [-0.25, -0.2) is 0 Å². The Morgan fingerprint density at radius 3 is 1.50 bits per heavy atom. The van der Waals surface area contributed by atoms with Gasteiger partial charge in [-0.1, -0.05) is 71.6 Å². The first-order valence-corrected chi connectivity index (χ1v) is 11.2. The van der Waals surface area contributed by atoms with E-state index in [0.717, 1.165) is 0 Å². The van der Waals surface area contributed by atoms with Crippen LogP contribution in [0.15, 0.2) is 40.5 Å². The predicted octanol–water partition coefficient (Wildman–Crippen LogP) is 6.06. The van der Waals surface area contributed by atoms with Gasteiger partial charge >= 0.3 is 0 Å².